The highest BCUT2D eigenvalue weighted by molar-refractivity contribution is 7.20. The largest absolute Gasteiger partial charge is 0.321 e. The summed E-state index contributed by atoms with van der Waals surface area (Å²) in [6.07, 6.45) is 3.48. The summed E-state index contributed by atoms with van der Waals surface area (Å²) >= 11 is 7.18. The number of carbonyl (C=O) groups is 1. The summed E-state index contributed by atoms with van der Waals surface area (Å²) in [6.45, 7) is 4.50. The van der Waals surface area contributed by atoms with Crippen LogP contribution >= 0.6 is 22.9 Å². The third-order valence-corrected chi connectivity index (χ3v) is 5.39. The number of aromatic nitrogens is 2. The Hall–Kier alpha value is -2.18. The molecule has 5 nitrogen and oxygen atoms in total. The van der Waals surface area contributed by atoms with Crippen molar-refractivity contribution in [1.29, 1.82) is 0 Å². The van der Waals surface area contributed by atoms with E-state index in [4.69, 9.17) is 11.6 Å². The van der Waals surface area contributed by atoms with Crippen LogP contribution in [0.3, 0.4) is 0 Å². The van der Waals surface area contributed by atoms with Crippen LogP contribution < -0.4 is 10.9 Å². The lowest BCUT2D eigenvalue weighted by Crippen LogP contribution is -2.20. The number of benzene rings is 1. The molecule has 1 aromatic carbocycles. The van der Waals surface area contributed by atoms with Gasteiger partial charge in [0.15, 0.2) is 0 Å². The zero-order valence-corrected chi connectivity index (χ0v) is 15.6. The first-order valence-electron chi connectivity index (χ1n) is 8.06. The van der Waals surface area contributed by atoms with Gasteiger partial charge in [-0.15, -0.1) is 11.3 Å². The van der Waals surface area contributed by atoms with Crippen LogP contribution in [-0.2, 0) is 6.54 Å². The molecule has 0 saturated carbocycles. The van der Waals surface area contributed by atoms with Crippen molar-refractivity contribution in [3.05, 3.63) is 56.4 Å². The van der Waals surface area contributed by atoms with Crippen LogP contribution in [0.4, 0.5) is 5.69 Å². The van der Waals surface area contributed by atoms with Gasteiger partial charge in [-0.1, -0.05) is 31.0 Å². The molecule has 0 aliphatic heterocycles. The molecule has 0 spiro atoms. The van der Waals surface area contributed by atoms with Crippen LogP contribution in [0.25, 0.3) is 10.2 Å². The summed E-state index contributed by atoms with van der Waals surface area (Å²) in [5.74, 6) is -0.262. The van der Waals surface area contributed by atoms with Gasteiger partial charge in [0.05, 0.1) is 16.6 Å². The van der Waals surface area contributed by atoms with Gasteiger partial charge in [0.25, 0.3) is 11.5 Å². The highest BCUT2D eigenvalue weighted by atomic mass is 35.5. The normalized spacial score (nSPS) is 11.0. The maximum atomic E-state index is 12.7. The first-order valence-corrected chi connectivity index (χ1v) is 9.26. The molecular formula is C18H18ClN3O2S. The van der Waals surface area contributed by atoms with Crippen molar-refractivity contribution in [3.63, 3.8) is 0 Å². The van der Waals surface area contributed by atoms with Crippen molar-refractivity contribution in [2.45, 2.75) is 33.2 Å². The number of halogens is 1. The second kappa shape index (κ2) is 7.37. The average molecular weight is 376 g/mol. The summed E-state index contributed by atoms with van der Waals surface area (Å²) in [5, 5.41) is 3.89. The molecule has 0 fully saturated rings. The molecule has 130 valence electrons. The number of hydrogen-bond donors (Lipinski definition) is 1. The highest BCUT2D eigenvalue weighted by Crippen LogP contribution is 2.28. The number of carbonyl (C=O) groups excluding carboxylic acids is 1. The molecule has 0 aliphatic carbocycles. The lowest BCUT2D eigenvalue weighted by atomic mass is 10.2. The Labute approximate surface area is 154 Å². The fraction of sp³-hybridized carbons (Fsp3) is 0.278. The van der Waals surface area contributed by atoms with E-state index in [2.05, 4.69) is 17.2 Å². The Morgan fingerprint density at radius 3 is 2.92 bits per heavy atom. The summed E-state index contributed by atoms with van der Waals surface area (Å²) < 4.78 is 1.62. The monoisotopic (exact) mass is 375 g/mol. The number of hydrogen-bond acceptors (Lipinski definition) is 4. The zero-order valence-electron chi connectivity index (χ0n) is 14.0. The van der Waals surface area contributed by atoms with Gasteiger partial charge in [-0.05, 0) is 37.1 Å². The van der Waals surface area contributed by atoms with Gasteiger partial charge in [0.1, 0.15) is 4.83 Å². The van der Waals surface area contributed by atoms with Crippen molar-refractivity contribution in [2.24, 2.45) is 0 Å². The van der Waals surface area contributed by atoms with E-state index in [1.165, 1.54) is 11.3 Å². The molecule has 0 saturated heterocycles. The third kappa shape index (κ3) is 3.60. The molecular weight excluding hydrogens is 358 g/mol. The maximum absolute atomic E-state index is 12.7. The number of anilines is 1. The Morgan fingerprint density at radius 2 is 2.20 bits per heavy atom. The number of unbranched alkanes of at least 4 members (excludes halogenated alkanes) is 1. The van der Waals surface area contributed by atoms with Crippen molar-refractivity contribution in [2.75, 3.05) is 5.32 Å². The summed E-state index contributed by atoms with van der Waals surface area (Å²) in [6, 6.07) is 6.95. The van der Waals surface area contributed by atoms with Gasteiger partial charge < -0.3 is 5.32 Å². The highest BCUT2D eigenvalue weighted by Gasteiger charge is 2.19. The molecule has 3 aromatic rings. The predicted octanol–water partition coefficient (Wildman–Crippen LogP) is 4.47. The average Bonchev–Trinajstić information content (AvgIpc) is 2.92. The number of rotatable bonds is 5. The van der Waals surface area contributed by atoms with E-state index in [1.54, 1.807) is 42.1 Å². The Kier molecular flexibility index (Phi) is 5.20. The van der Waals surface area contributed by atoms with Gasteiger partial charge in [-0.25, -0.2) is 4.98 Å². The molecule has 0 atom stereocenters. The van der Waals surface area contributed by atoms with Crippen LogP contribution in [0.5, 0.6) is 0 Å². The molecule has 0 aliphatic rings. The Morgan fingerprint density at radius 1 is 1.40 bits per heavy atom. The topological polar surface area (TPSA) is 64.0 Å². The van der Waals surface area contributed by atoms with E-state index in [9.17, 15) is 9.59 Å². The van der Waals surface area contributed by atoms with Crippen molar-refractivity contribution < 1.29 is 4.79 Å². The molecule has 7 heteroatoms. The molecule has 0 unspecified atom stereocenters. The van der Waals surface area contributed by atoms with E-state index >= 15 is 0 Å². The lowest BCUT2D eigenvalue weighted by Gasteiger charge is -2.05. The van der Waals surface area contributed by atoms with E-state index < -0.39 is 0 Å². The van der Waals surface area contributed by atoms with Crippen molar-refractivity contribution >= 4 is 44.7 Å². The number of fused-ring (bicyclic) bond motifs is 1. The summed E-state index contributed by atoms with van der Waals surface area (Å²) in [5.41, 5.74) is 1.19. The van der Waals surface area contributed by atoms with Gasteiger partial charge >= 0.3 is 0 Å². The number of amides is 1. The van der Waals surface area contributed by atoms with E-state index in [0.29, 0.717) is 37.9 Å². The molecule has 1 amide bonds. The zero-order chi connectivity index (χ0) is 18.0. The van der Waals surface area contributed by atoms with Crippen LogP contribution in [0.15, 0.2) is 35.4 Å². The van der Waals surface area contributed by atoms with Gasteiger partial charge in [-0.2, -0.15) is 0 Å². The molecule has 1 N–H and O–H groups in total. The van der Waals surface area contributed by atoms with Gasteiger partial charge in [-0.3, -0.25) is 14.2 Å². The molecule has 25 heavy (non-hydrogen) atoms. The van der Waals surface area contributed by atoms with Crippen molar-refractivity contribution in [3.8, 4) is 0 Å². The van der Waals surface area contributed by atoms with Gasteiger partial charge in [0.2, 0.25) is 0 Å². The summed E-state index contributed by atoms with van der Waals surface area (Å²) in [4.78, 5) is 30.7. The number of thiophene rings is 1. The van der Waals surface area contributed by atoms with E-state index in [-0.39, 0.29) is 11.5 Å². The fourth-order valence-electron chi connectivity index (χ4n) is 2.62. The minimum atomic E-state index is -0.262. The van der Waals surface area contributed by atoms with Crippen LogP contribution in [0, 0.1) is 6.92 Å². The fourth-order valence-corrected chi connectivity index (χ4v) is 3.84. The molecule has 0 bridgehead atoms. The predicted molar refractivity (Wildman–Crippen MR) is 103 cm³/mol. The molecule has 2 heterocycles. The molecule has 2 aromatic heterocycles. The Balaban J connectivity index is 1.97. The van der Waals surface area contributed by atoms with E-state index in [0.717, 1.165) is 12.8 Å². The maximum Gasteiger partial charge on any atom is 0.266 e. The van der Waals surface area contributed by atoms with Crippen LogP contribution in [0.2, 0.25) is 5.02 Å². The van der Waals surface area contributed by atoms with Crippen molar-refractivity contribution in [1.82, 2.24) is 9.55 Å². The lowest BCUT2D eigenvalue weighted by molar-refractivity contribution is 0.103. The van der Waals surface area contributed by atoms with Gasteiger partial charge in [0, 0.05) is 17.3 Å². The number of aryl methyl sites for hydroxylation is 2. The first kappa shape index (κ1) is 17.6. The molecule has 3 rings (SSSR count). The standard InChI is InChI=1S/C18H18ClN3O2S/c1-3-4-8-22-10-20-17-14(18(22)24)11(2)15(25-17)16(23)21-13-7-5-6-12(19)9-13/h5-7,9-10H,3-4,8H2,1-2H3,(H,21,23). The van der Waals surface area contributed by atoms with E-state index in [1.807, 2.05) is 0 Å². The smallest absolute Gasteiger partial charge is 0.266 e. The second-order valence-corrected chi connectivity index (χ2v) is 7.23. The summed E-state index contributed by atoms with van der Waals surface area (Å²) in [7, 11) is 0. The minimum absolute atomic E-state index is 0.0889. The van der Waals surface area contributed by atoms with Crippen LogP contribution in [-0.4, -0.2) is 15.5 Å². The quantitative estimate of drug-likeness (QED) is 0.715. The van der Waals surface area contributed by atoms with Crippen LogP contribution in [0.1, 0.15) is 35.0 Å². The first-order chi connectivity index (χ1) is 12.0. The Bertz CT molecular complexity index is 994. The second-order valence-electron chi connectivity index (χ2n) is 5.80. The number of nitrogens with zero attached hydrogens (tertiary/aromatic N) is 2. The number of nitrogens with one attached hydrogen (secondary N) is 1. The molecule has 0 radical (unpaired) electrons. The SMILES string of the molecule is CCCCn1cnc2sc(C(=O)Nc3cccc(Cl)c3)c(C)c2c1=O. The third-order valence-electron chi connectivity index (χ3n) is 3.96. The minimum Gasteiger partial charge on any atom is -0.321 e.